The minimum atomic E-state index is -0.821. The highest BCUT2D eigenvalue weighted by molar-refractivity contribution is 9.10. The van der Waals surface area contributed by atoms with Crippen LogP contribution in [0.1, 0.15) is 18.1 Å². The lowest BCUT2D eigenvalue weighted by Gasteiger charge is -2.26. The minimum absolute atomic E-state index is 0.185. The topological polar surface area (TPSA) is 94.2 Å². The number of carbonyl (C=O) groups excluding carboxylic acids is 3. The number of ether oxygens (including phenoxy) is 3. The van der Waals surface area contributed by atoms with Crippen molar-refractivity contribution in [3.05, 3.63) is 87.9 Å². The smallest absolute Gasteiger partial charge is 0.335 e. The molecule has 0 atom stereocenters. The van der Waals surface area contributed by atoms with E-state index in [4.69, 9.17) is 14.2 Å². The molecule has 1 heterocycles. The molecule has 36 heavy (non-hydrogen) atoms. The molecule has 8 nitrogen and oxygen atoms in total. The highest BCUT2D eigenvalue weighted by atomic mass is 79.9. The van der Waals surface area contributed by atoms with Gasteiger partial charge in [-0.15, -0.1) is 0 Å². The average molecular weight is 551 g/mol. The van der Waals surface area contributed by atoms with Crippen LogP contribution < -0.4 is 24.4 Å². The van der Waals surface area contributed by atoms with E-state index in [1.165, 1.54) is 13.2 Å². The Morgan fingerprint density at radius 3 is 2.39 bits per heavy atom. The summed E-state index contributed by atoms with van der Waals surface area (Å²) in [4.78, 5) is 39.0. The van der Waals surface area contributed by atoms with Gasteiger partial charge in [0.1, 0.15) is 17.9 Å². The molecule has 0 radical (unpaired) electrons. The summed E-state index contributed by atoms with van der Waals surface area (Å²) in [5.41, 5.74) is 1.63. The molecule has 0 aliphatic carbocycles. The molecule has 1 aliphatic heterocycles. The van der Waals surface area contributed by atoms with E-state index in [1.807, 2.05) is 31.2 Å². The van der Waals surface area contributed by atoms with E-state index < -0.39 is 17.8 Å². The first kappa shape index (κ1) is 25.0. The molecule has 184 valence electrons. The maximum absolute atomic E-state index is 13.2. The molecule has 1 fully saturated rings. The Balaban J connectivity index is 1.61. The molecule has 4 rings (SSSR count). The number of imide groups is 2. The van der Waals surface area contributed by atoms with Crippen molar-refractivity contribution in [1.82, 2.24) is 5.32 Å². The van der Waals surface area contributed by atoms with Crippen molar-refractivity contribution in [2.75, 3.05) is 18.6 Å². The van der Waals surface area contributed by atoms with Crippen molar-refractivity contribution in [2.45, 2.75) is 13.5 Å². The first-order valence-corrected chi connectivity index (χ1v) is 11.9. The van der Waals surface area contributed by atoms with E-state index in [0.717, 1.165) is 14.9 Å². The highest BCUT2D eigenvalue weighted by Crippen LogP contribution is 2.32. The number of amides is 4. The van der Waals surface area contributed by atoms with Gasteiger partial charge >= 0.3 is 6.03 Å². The third-order valence-electron chi connectivity index (χ3n) is 5.35. The number of nitrogens with zero attached hydrogens (tertiary/aromatic N) is 1. The first-order chi connectivity index (χ1) is 17.4. The van der Waals surface area contributed by atoms with E-state index in [0.29, 0.717) is 41.7 Å². The van der Waals surface area contributed by atoms with Gasteiger partial charge in [-0.2, -0.15) is 0 Å². The van der Waals surface area contributed by atoms with Crippen LogP contribution in [-0.2, 0) is 16.2 Å². The third-order valence-corrected chi connectivity index (χ3v) is 6.13. The number of methoxy groups -OCH3 is 1. The Kier molecular flexibility index (Phi) is 7.70. The van der Waals surface area contributed by atoms with Crippen molar-refractivity contribution in [1.29, 1.82) is 0 Å². The predicted octanol–water partition coefficient (Wildman–Crippen LogP) is 5.10. The van der Waals surface area contributed by atoms with Crippen molar-refractivity contribution in [2.24, 2.45) is 0 Å². The molecule has 9 heteroatoms. The van der Waals surface area contributed by atoms with Crippen molar-refractivity contribution < 1.29 is 28.6 Å². The number of barbiturate groups is 1. The Hall–Kier alpha value is -4.11. The van der Waals surface area contributed by atoms with Gasteiger partial charge in [0.2, 0.25) is 0 Å². The molecular weight excluding hydrogens is 528 g/mol. The number of rotatable bonds is 8. The van der Waals surface area contributed by atoms with Crippen LogP contribution in [0.5, 0.6) is 17.2 Å². The number of benzene rings is 3. The SMILES string of the molecule is CCOc1cc(/C=C2\C(=O)NC(=O)N(c3ccc(OC)cc3)C2=O)ccc1OCc1ccccc1Br. The first-order valence-electron chi connectivity index (χ1n) is 11.1. The van der Waals surface area contributed by atoms with Crippen LogP contribution in [0.25, 0.3) is 6.08 Å². The zero-order valence-electron chi connectivity index (χ0n) is 19.6. The molecular formula is C27H23BrN2O6. The molecule has 3 aromatic rings. The maximum atomic E-state index is 13.2. The Labute approximate surface area is 216 Å². The van der Waals surface area contributed by atoms with Gasteiger partial charge in [0, 0.05) is 10.0 Å². The molecule has 0 unspecified atom stereocenters. The monoisotopic (exact) mass is 550 g/mol. The molecule has 0 bridgehead atoms. The van der Waals surface area contributed by atoms with Crippen LogP contribution in [-0.4, -0.2) is 31.6 Å². The third kappa shape index (κ3) is 5.41. The molecule has 3 aromatic carbocycles. The summed E-state index contributed by atoms with van der Waals surface area (Å²) in [6, 6.07) is 18.4. The standard InChI is InChI=1S/C27H23BrN2O6/c1-3-35-24-15-17(8-13-23(24)36-16-18-6-4-5-7-22(18)28)14-21-25(31)29-27(33)30(26(21)32)19-9-11-20(34-2)12-10-19/h4-15H,3,16H2,1-2H3,(H,29,31,33)/b21-14+. The summed E-state index contributed by atoms with van der Waals surface area (Å²) in [7, 11) is 1.51. The molecule has 1 N–H and O–H groups in total. The van der Waals surface area contributed by atoms with Gasteiger partial charge in [-0.3, -0.25) is 14.9 Å². The summed E-state index contributed by atoms with van der Waals surface area (Å²) in [5.74, 6) is 0.0406. The number of anilines is 1. The van der Waals surface area contributed by atoms with E-state index in [-0.39, 0.29) is 5.57 Å². The van der Waals surface area contributed by atoms with Crippen LogP contribution >= 0.6 is 15.9 Å². The second kappa shape index (κ2) is 11.1. The minimum Gasteiger partial charge on any atom is -0.497 e. The Morgan fingerprint density at radius 2 is 1.69 bits per heavy atom. The van der Waals surface area contributed by atoms with Gasteiger partial charge in [-0.1, -0.05) is 40.2 Å². The highest BCUT2D eigenvalue weighted by Gasteiger charge is 2.36. The normalized spacial score (nSPS) is 14.6. The van der Waals surface area contributed by atoms with E-state index in [9.17, 15) is 14.4 Å². The van der Waals surface area contributed by atoms with Crippen molar-refractivity contribution >= 4 is 45.5 Å². The molecule has 0 saturated carbocycles. The number of hydrogen-bond acceptors (Lipinski definition) is 6. The zero-order valence-corrected chi connectivity index (χ0v) is 21.2. The number of carbonyl (C=O) groups is 3. The van der Waals surface area contributed by atoms with Crippen LogP contribution in [0.2, 0.25) is 0 Å². The zero-order chi connectivity index (χ0) is 25.7. The summed E-state index contributed by atoms with van der Waals surface area (Å²) in [6.07, 6.45) is 1.42. The van der Waals surface area contributed by atoms with Gasteiger partial charge in [-0.25, -0.2) is 9.69 Å². The second-order valence-corrected chi connectivity index (χ2v) is 8.53. The summed E-state index contributed by atoms with van der Waals surface area (Å²) < 4.78 is 17.8. The fraction of sp³-hybridized carbons (Fsp3) is 0.148. The van der Waals surface area contributed by atoms with E-state index in [1.54, 1.807) is 42.5 Å². The fourth-order valence-electron chi connectivity index (χ4n) is 3.56. The Bertz CT molecular complexity index is 1340. The van der Waals surface area contributed by atoms with Gasteiger partial charge in [0.05, 0.1) is 19.4 Å². The fourth-order valence-corrected chi connectivity index (χ4v) is 3.96. The summed E-state index contributed by atoms with van der Waals surface area (Å²) in [6.45, 7) is 2.56. The molecule has 4 amide bonds. The average Bonchev–Trinajstić information content (AvgIpc) is 2.87. The molecule has 0 spiro atoms. The number of hydrogen-bond donors (Lipinski definition) is 1. The molecule has 1 saturated heterocycles. The Morgan fingerprint density at radius 1 is 0.944 bits per heavy atom. The van der Waals surface area contributed by atoms with Gasteiger partial charge in [0.15, 0.2) is 11.5 Å². The van der Waals surface area contributed by atoms with Crippen molar-refractivity contribution in [3.8, 4) is 17.2 Å². The lowest BCUT2D eigenvalue weighted by Crippen LogP contribution is -2.54. The summed E-state index contributed by atoms with van der Waals surface area (Å²) in [5, 5.41) is 2.22. The van der Waals surface area contributed by atoms with Gasteiger partial charge in [-0.05, 0) is 61.0 Å². The van der Waals surface area contributed by atoms with E-state index >= 15 is 0 Å². The molecule has 1 aliphatic rings. The second-order valence-electron chi connectivity index (χ2n) is 7.68. The van der Waals surface area contributed by atoms with Gasteiger partial charge < -0.3 is 14.2 Å². The number of nitrogens with one attached hydrogen (secondary N) is 1. The van der Waals surface area contributed by atoms with Crippen LogP contribution in [0.4, 0.5) is 10.5 Å². The van der Waals surface area contributed by atoms with Crippen molar-refractivity contribution in [3.63, 3.8) is 0 Å². The quantitative estimate of drug-likeness (QED) is 0.309. The van der Waals surface area contributed by atoms with Crippen LogP contribution in [0.15, 0.2) is 76.8 Å². The van der Waals surface area contributed by atoms with Gasteiger partial charge in [0.25, 0.3) is 11.8 Å². The predicted molar refractivity (Wildman–Crippen MR) is 138 cm³/mol. The lowest BCUT2D eigenvalue weighted by atomic mass is 10.1. The van der Waals surface area contributed by atoms with Crippen LogP contribution in [0.3, 0.4) is 0 Å². The van der Waals surface area contributed by atoms with E-state index in [2.05, 4.69) is 21.2 Å². The number of urea groups is 1. The number of halogens is 1. The molecule has 0 aromatic heterocycles. The summed E-state index contributed by atoms with van der Waals surface area (Å²) >= 11 is 3.51. The van der Waals surface area contributed by atoms with Crippen LogP contribution in [0, 0.1) is 0 Å². The maximum Gasteiger partial charge on any atom is 0.335 e. The lowest BCUT2D eigenvalue weighted by molar-refractivity contribution is -0.122. The largest absolute Gasteiger partial charge is 0.497 e.